The van der Waals surface area contributed by atoms with Crippen molar-refractivity contribution in [3.05, 3.63) is 0 Å². The largest absolute Gasteiger partial charge is 0.481 e. The molecule has 3 N–H and O–H groups in total. The summed E-state index contributed by atoms with van der Waals surface area (Å²) in [4.78, 5) is 31.9. The molecule has 0 aliphatic rings. The minimum Gasteiger partial charge on any atom is -0.481 e. The minimum atomic E-state index is -1.21. The maximum Gasteiger partial charge on any atom is 0.315 e. The molecule has 0 aromatic rings. The zero-order valence-corrected chi connectivity index (χ0v) is 7.46. The van der Waals surface area contributed by atoms with E-state index in [4.69, 9.17) is 5.11 Å². The second-order valence-corrected chi connectivity index (χ2v) is 2.45. The number of aliphatic carboxylic acids is 1. The Bertz CT molecular complexity index is 227. The lowest BCUT2D eigenvalue weighted by atomic mass is 10.2. The molecule has 0 bridgehead atoms. The normalized spacial score (nSPS) is 11.5. The Morgan fingerprint density at radius 1 is 1.38 bits per heavy atom. The topological polar surface area (TPSA) is 95.5 Å². The van der Waals surface area contributed by atoms with E-state index in [1.165, 1.54) is 14.0 Å². The van der Waals surface area contributed by atoms with Gasteiger partial charge >= 0.3 is 5.97 Å². The molecule has 0 saturated carbocycles. The highest BCUT2D eigenvalue weighted by Crippen LogP contribution is 1.93. The molecule has 0 aromatic heterocycles. The predicted molar refractivity (Wildman–Crippen MR) is 43.9 cm³/mol. The fraction of sp³-hybridized carbons (Fsp3) is 0.571. The van der Waals surface area contributed by atoms with Gasteiger partial charge in [-0.25, -0.2) is 0 Å². The number of hydrogen-bond acceptors (Lipinski definition) is 3. The molecule has 0 aliphatic heterocycles. The standard InChI is InChI=1S/C7H12N2O4/c1-4(7(12)13)6(11)9-3-5(10)8-2/h4H,3H2,1-2H3,(H,8,10)(H,9,11)(H,12,13). The van der Waals surface area contributed by atoms with Crippen LogP contribution in [0.15, 0.2) is 0 Å². The number of carboxylic acid groups (broad SMARTS) is 1. The monoisotopic (exact) mass is 188 g/mol. The molecule has 0 heterocycles. The van der Waals surface area contributed by atoms with Crippen molar-refractivity contribution in [2.24, 2.45) is 5.92 Å². The number of carboxylic acids is 1. The number of amides is 2. The van der Waals surface area contributed by atoms with Gasteiger partial charge in [0.1, 0.15) is 5.92 Å². The van der Waals surface area contributed by atoms with Crippen LogP contribution in [0, 0.1) is 5.92 Å². The lowest BCUT2D eigenvalue weighted by Gasteiger charge is -2.06. The van der Waals surface area contributed by atoms with Gasteiger partial charge in [0.05, 0.1) is 6.54 Å². The summed E-state index contributed by atoms with van der Waals surface area (Å²) in [5.41, 5.74) is 0. The Morgan fingerprint density at radius 3 is 2.31 bits per heavy atom. The molecule has 2 amide bonds. The molecule has 0 aromatic carbocycles. The molecular weight excluding hydrogens is 176 g/mol. The van der Waals surface area contributed by atoms with Gasteiger partial charge in [0.2, 0.25) is 11.8 Å². The third-order valence-corrected chi connectivity index (χ3v) is 1.47. The second kappa shape index (κ2) is 5.13. The lowest BCUT2D eigenvalue weighted by molar-refractivity contribution is -0.146. The third-order valence-electron chi connectivity index (χ3n) is 1.47. The van der Waals surface area contributed by atoms with Gasteiger partial charge < -0.3 is 15.7 Å². The molecule has 13 heavy (non-hydrogen) atoms. The van der Waals surface area contributed by atoms with Crippen LogP contribution >= 0.6 is 0 Å². The number of hydrogen-bond donors (Lipinski definition) is 3. The molecule has 1 unspecified atom stereocenters. The molecule has 6 nitrogen and oxygen atoms in total. The van der Waals surface area contributed by atoms with E-state index in [0.717, 1.165) is 0 Å². The van der Waals surface area contributed by atoms with Gasteiger partial charge in [-0.15, -0.1) is 0 Å². The molecule has 74 valence electrons. The van der Waals surface area contributed by atoms with Crippen molar-refractivity contribution in [3.63, 3.8) is 0 Å². The first-order valence-electron chi connectivity index (χ1n) is 3.70. The fourth-order valence-corrected chi connectivity index (χ4v) is 0.521. The minimum absolute atomic E-state index is 0.201. The number of likely N-dealkylation sites (N-methyl/N-ethyl adjacent to an activating group) is 1. The Morgan fingerprint density at radius 2 is 1.92 bits per heavy atom. The highest BCUT2D eigenvalue weighted by molar-refractivity contribution is 5.97. The molecule has 0 rings (SSSR count). The summed E-state index contributed by atoms with van der Waals surface area (Å²) in [6.07, 6.45) is 0. The van der Waals surface area contributed by atoms with Crippen molar-refractivity contribution >= 4 is 17.8 Å². The quantitative estimate of drug-likeness (QED) is 0.471. The summed E-state index contributed by atoms with van der Waals surface area (Å²) >= 11 is 0. The first-order valence-corrected chi connectivity index (χ1v) is 3.70. The Kier molecular flexibility index (Phi) is 4.50. The van der Waals surface area contributed by atoms with Crippen molar-refractivity contribution < 1.29 is 19.5 Å². The molecule has 0 fully saturated rings. The van der Waals surface area contributed by atoms with E-state index in [9.17, 15) is 14.4 Å². The molecule has 0 spiro atoms. The summed E-state index contributed by atoms with van der Waals surface area (Å²) in [6, 6.07) is 0. The third kappa shape index (κ3) is 4.09. The van der Waals surface area contributed by atoms with Gasteiger partial charge in [-0.3, -0.25) is 14.4 Å². The van der Waals surface area contributed by atoms with Crippen molar-refractivity contribution in [3.8, 4) is 0 Å². The number of nitrogens with one attached hydrogen (secondary N) is 2. The van der Waals surface area contributed by atoms with E-state index in [0.29, 0.717) is 0 Å². The van der Waals surface area contributed by atoms with Gasteiger partial charge in [0, 0.05) is 7.05 Å². The molecule has 6 heteroatoms. The van der Waals surface area contributed by atoms with Crippen LogP contribution in [0.1, 0.15) is 6.92 Å². The zero-order valence-electron chi connectivity index (χ0n) is 7.46. The van der Waals surface area contributed by atoms with Gasteiger partial charge in [-0.1, -0.05) is 0 Å². The number of carbonyl (C=O) groups is 3. The van der Waals surface area contributed by atoms with E-state index in [-0.39, 0.29) is 12.5 Å². The van der Waals surface area contributed by atoms with Crippen molar-refractivity contribution in [1.29, 1.82) is 0 Å². The number of rotatable bonds is 4. The zero-order chi connectivity index (χ0) is 10.4. The molecule has 0 radical (unpaired) electrons. The van der Waals surface area contributed by atoms with E-state index in [2.05, 4.69) is 10.6 Å². The maximum absolute atomic E-state index is 10.9. The van der Waals surface area contributed by atoms with E-state index < -0.39 is 17.8 Å². The van der Waals surface area contributed by atoms with Crippen molar-refractivity contribution in [1.82, 2.24) is 10.6 Å². The Labute approximate surface area is 75.3 Å². The van der Waals surface area contributed by atoms with Crippen LogP contribution in [0.4, 0.5) is 0 Å². The van der Waals surface area contributed by atoms with Gasteiger partial charge in [-0.05, 0) is 6.92 Å². The summed E-state index contributed by atoms with van der Waals surface area (Å²) < 4.78 is 0. The highest BCUT2D eigenvalue weighted by atomic mass is 16.4. The van der Waals surface area contributed by atoms with Crippen molar-refractivity contribution in [2.75, 3.05) is 13.6 Å². The highest BCUT2D eigenvalue weighted by Gasteiger charge is 2.20. The Balaban J connectivity index is 3.88. The fourth-order valence-electron chi connectivity index (χ4n) is 0.521. The first kappa shape index (κ1) is 11.4. The van der Waals surface area contributed by atoms with Crippen LogP contribution in [-0.4, -0.2) is 36.5 Å². The predicted octanol–water partition coefficient (Wildman–Crippen LogP) is -1.43. The van der Waals surface area contributed by atoms with Crippen LogP contribution in [0.2, 0.25) is 0 Å². The molecule has 0 aliphatic carbocycles. The smallest absolute Gasteiger partial charge is 0.315 e. The van der Waals surface area contributed by atoms with Crippen LogP contribution in [0.5, 0.6) is 0 Å². The SMILES string of the molecule is CNC(=O)CNC(=O)C(C)C(=O)O. The summed E-state index contributed by atoms with van der Waals surface area (Å²) in [7, 11) is 1.43. The van der Waals surface area contributed by atoms with Gasteiger partial charge in [0.25, 0.3) is 0 Å². The molecular formula is C7H12N2O4. The van der Waals surface area contributed by atoms with E-state index in [1.54, 1.807) is 0 Å². The van der Waals surface area contributed by atoms with Gasteiger partial charge in [0.15, 0.2) is 0 Å². The first-order chi connectivity index (χ1) is 5.99. The van der Waals surface area contributed by atoms with Crippen LogP contribution < -0.4 is 10.6 Å². The maximum atomic E-state index is 10.9. The lowest BCUT2D eigenvalue weighted by Crippen LogP contribution is -2.39. The number of carbonyl (C=O) groups excluding carboxylic acids is 2. The van der Waals surface area contributed by atoms with Crippen LogP contribution in [0.3, 0.4) is 0 Å². The van der Waals surface area contributed by atoms with E-state index >= 15 is 0 Å². The average Bonchev–Trinajstić information content (AvgIpc) is 2.11. The van der Waals surface area contributed by atoms with Crippen LogP contribution in [-0.2, 0) is 14.4 Å². The summed E-state index contributed by atoms with van der Waals surface area (Å²) in [6.45, 7) is 1.05. The molecule has 1 atom stereocenters. The summed E-state index contributed by atoms with van der Waals surface area (Å²) in [5.74, 6) is -3.39. The van der Waals surface area contributed by atoms with Crippen molar-refractivity contribution in [2.45, 2.75) is 6.92 Å². The van der Waals surface area contributed by atoms with E-state index in [1.807, 2.05) is 0 Å². The summed E-state index contributed by atoms with van der Waals surface area (Å²) in [5, 5.41) is 12.9. The second-order valence-electron chi connectivity index (χ2n) is 2.45. The molecule has 0 saturated heterocycles. The average molecular weight is 188 g/mol. The van der Waals surface area contributed by atoms with Crippen LogP contribution in [0.25, 0.3) is 0 Å². The Hall–Kier alpha value is -1.59. The van der Waals surface area contributed by atoms with Gasteiger partial charge in [-0.2, -0.15) is 0 Å².